The lowest BCUT2D eigenvalue weighted by Crippen LogP contribution is -2.26. The van der Waals surface area contributed by atoms with Gasteiger partial charge in [-0.05, 0) is 18.6 Å². The quantitative estimate of drug-likeness (QED) is 0.227. The van der Waals surface area contributed by atoms with E-state index in [4.69, 9.17) is 20.3 Å². The molecule has 1 aliphatic heterocycles. The number of aliphatic hydroxyl groups is 1. The minimum absolute atomic E-state index is 0.0125. The third-order valence-electron chi connectivity index (χ3n) is 4.43. The van der Waals surface area contributed by atoms with Gasteiger partial charge in [0.1, 0.15) is 11.9 Å². The van der Waals surface area contributed by atoms with E-state index in [9.17, 15) is 33.4 Å². The summed E-state index contributed by atoms with van der Waals surface area (Å²) in [5.74, 6) is -0.0125. The molecule has 1 aromatic carbocycles. The third kappa shape index (κ3) is 6.76. The van der Waals surface area contributed by atoms with E-state index in [0.717, 1.165) is 5.56 Å². The first kappa shape index (κ1) is 26.1. The summed E-state index contributed by atoms with van der Waals surface area (Å²) in [5, 5.41) is 10.7. The van der Waals surface area contributed by atoms with Gasteiger partial charge < -0.3 is 40.1 Å². The minimum Gasteiger partial charge on any atom is -0.390 e. The summed E-state index contributed by atoms with van der Waals surface area (Å²) in [5.41, 5.74) is 6.64. The molecule has 0 aliphatic carbocycles. The van der Waals surface area contributed by atoms with Gasteiger partial charge >= 0.3 is 29.2 Å². The van der Waals surface area contributed by atoms with E-state index in [1.807, 2.05) is 0 Å². The van der Waals surface area contributed by atoms with Crippen molar-refractivity contribution in [3.05, 3.63) is 33.7 Å². The van der Waals surface area contributed by atoms with Crippen LogP contribution in [0.15, 0.2) is 16.9 Å². The number of nitrogens with one attached hydrogen (secondary N) is 1. The Morgan fingerprint density at radius 1 is 1.18 bits per heavy atom. The van der Waals surface area contributed by atoms with Crippen molar-refractivity contribution in [2.24, 2.45) is 0 Å². The average Bonchev–Trinajstić information content (AvgIpc) is 2.98. The fourth-order valence-corrected chi connectivity index (χ4v) is 6.29. The summed E-state index contributed by atoms with van der Waals surface area (Å²) in [6.45, 7) is 0.941. The highest BCUT2D eigenvalue weighted by Crippen LogP contribution is 2.66. The van der Waals surface area contributed by atoms with Gasteiger partial charge in [0, 0.05) is 17.4 Å². The van der Waals surface area contributed by atoms with Crippen molar-refractivity contribution in [1.29, 1.82) is 0 Å². The zero-order chi connectivity index (χ0) is 24.8. The number of nitrogen functional groups attached to an aromatic ring is 1. The van der Waals surface area contributed by atoms with Gasteiger partial charge in [0.25, 0.3) is 0 Å². The Labute approximate surface area is 184 Å². The number of nitrogens with zero attached hydrogens (tertiary/aromatic N) is 1. The van der Waals surface area contributed by atoms with Gasteiger partial charge in [0.05, 0.1) is 24.3 Å². The number of benzene rings is 1. The number of ether oxygens (including phenoxy) is 1. The zero-order valence-electron chi connectivity index (χ0n) is 16.7. The number of H-pyrrole nitrogens is 1. The largest absolute Gasteiger partial charge is 0.490 e. The van der Waals surface area contributed by atoms with E-state index >= 15 is 0 Å². The molecule has 3 rings (SSSR count). The number of aromatic amines is 1. The summed E-state index contributed by atoms with van der Waals surface area (Å²) in [6.07, 6.45) is -3.28. The number of nitrogens with two attached hydrogens (primary N) is 1. The monoisotopic (exact) mass is 531 g/mol. The number of phosphoric ester groups is 1. The van der Waals surface area contributed by atoms with Crippen LogP contribution in [0.3, 0.4) is 0 Å². The Morgan fingerprint density at radius 3 is 2.48 bits per heavy atom. The smallest absolute Gasteiger partial charge is 0.390 e. The number of aliphatic hydroxyl groups excluding tert-OH is 1. The van der Waals surface area contributed by atoms with Crippen LogP contribution in [0.25, 0.3) is 10.9 Å². The summed E-state index contributed by atoms with van der Waals surface area (Å²) < 4.78 is 51.4. The maximum atomic E-state index is 11.9. The van der Waals surface area contributed by atoms with E-state index in [-0.39, 0.29) is 12.2 Å². The molecular formula is C14H20N3O13P3. The fourth-order valence-electron chi connectivity index (χ4n) is 3.26. The summed E-state index contributed by atoms with van der Waals surface area (Å²) in [7, 11) is -16.6. The minimum atomic E-state index is -5.67. The highest BCUT2D eigenvalue weighted by atomic mass is 31.3. The van der Waals surface area contributed by atoms with Gasteiger partial charge in [0.15, 0.2) is 0 Å². The molecule has 184 valence electrons. The van der Waals surface area contributed by atoms with Crippen LogP contribution >= 0.6 is 23.5 Å². The topological polar surface area (TPSA) is 261 Å². The molecule has 33 heavy (non-hydrogen) atoms. The molecule has 1 fully saturated rings. The molecule has 5 atom stereocenters. The highest BCUT2D eigenvalue weighted by molar-refractivity contribution is 7.66. The molecule has 0 amide bonds. The predicted molar refractivity (Wildman–Crippen MR) is 110 cm³/mol. The fraction of sp³-hybridized carbons (Fsp3) is 0.429. The molecule has 2 aromatic rings. The maximum absolute atomic E-state index is 11.9. The highest BCUT2D eigenvalue weighted by Gasteiger charge is 2.43. The van der Waals surface area contributed by atoms with E-state index in [0.29, 0.717) is 16.5 Å². The van der Waals surface area contributed by atoms with Crippen molar-refractivity contribution in [3.63, 3.8) is 0 Å². The van der Waals surface area contributed by atoms with Crippen molar-refractivity contribution in [3.8, 4) is 0 Å². The molecule has 1 aromatic heterocycles. The summed E-state index contributed by atoms with van der Waals surface area (Å²) in [6, 6.07) is 3.37. The second-order valence-corrected chi connectivity index (χ2v) is 11.5. The molecule has 0 spiro atoms. The molecule has 0 bridgehead atoms. The Bertz CT molecular complexity index is 1260. The molecule has 8 N–H and O–H groups in total. The van der Waals surface area contributed by atoms with E-state index in [1.54, 1.807) is 19.1 Å². The molecular weight excluding hydrogens is 511 g/mol. The van der Waals surface area contributed by atoms with Crippen molar-refractivity contribution in [1.82, 2.24) is 9.97 Å². The molecule has 19 heteroatoms. The number of anilines is 1. The Morgan fingerprint density at radius 2 is 1.85 bits per heavy atom. The number of aromatic nitrogens is 2. The molecule has 2 heterocycles. The van der Waals surface area contributed by atoms with Crippen molar-refractivity contribution < 1.29 is 56.3 Å². The number of aryl methyl sites for hydroxylation is 1. The Balaban J connectivity index is 1.75. The van der Waals surface area contributed by atoms with Gasteiger partial charge in [0.2, 0.25) is 0 Å². The normalized spacial score (nSPS) is 25.1. The van der Waals surface area contributed by atoms with E-state index in [2.05, 4.69) is 23.1 Å². The maximum Gasteiger partial charge on any atom is 0.490 e. The van der Waals surface area contributed by atoms with Crippen LogP contribution in [0.5, 0.6) is 0 Å². The van der Waals surface area contributed by atoms with Crippen LogP contribution in [0, 0.1) is 6.92 Å². The molecule has 0 saturated carbocycles. The van der Waals surface area contributed by atoms with Crippen molar-refractivity contribution in [2.75, 3.05) is 12.3 Å². The lowest BCUT2D eigenvalue weighted by molar-refractivity contribution is -0.0217. The first-order chi connectivity index (χ1) is 15.1. The SMILES string of the molecule is Cc1cc([C@H]2C[C@H](O)[C@@H](COP(=O)(O)OP(=O)(O)OP(=O)(O)O)O2)c2[nH]c(=O)nc(N)c2c1. The van der Waals surface area contributed by atoms with Crippen molar-refractivity contribution in [2.45, 2.75) is 31.7 Å². The third-order valence-corrected chi connectivity index (χ3v) is 8.23. The van der Waals surface area contributed by atoms with Crippen LogP contribution in [-0.2, 0) is 31.6 Å². The van der Waals surface area contributed by atoms with Crippen LogP contribution in [0.4, 0.5) is 5.82 Å². The first-order valence-electron chi connectivity index (χ1n) is 8.97. The van der Waals surface area contributed by atoms with Gasteiger partial charge in [-0.25, -0.2) is 18.5 Å². The number of phosphoric acid groups is 3. The number of fused-ring (bicyclic) bond motifs is 1. The molecule has 16 nitrogen and oxygen atoms in total. The van der Waals surface area contributed by atoms with E-state index < -0.39 is 54.1 Å². The second kappa shape index (κ2) is 9.27. The Hall–Kier alpha value is -1.51. The standard InChI is InChI=1S/C14H20N3O13P3/c1-6-2-7(12-8(3-6)13(15)17-14(19)16-12)10-4-9(18)11(28-10)5-27-32(23,24)30-33(25,26)29-31(20,21)22/h2-3,9-11,18H,4-5H2,1H3,(H,23,24)(H,25,26)(H2,20,21,22)(H3,15,16,17,19)/t9-,10+,11+/m0/s1. The average molecular weight is 531 g/mol. The predicted octanol–water partition coefficient (Wildman–Crippen LogP) is 0.348. The Kier molecular flexibility index (Phi) is 7.33. The second-order valence-electron chi connectivity index (χ2n) is 7.06. The number of hydrogen-bond donors (Lipinski definition) is 7. The van der Waals surface area contributed by atoms with Crippen LogP contribution < -0.4 is 11.4 Å². The van der Waals surface area contributed by atoms with Gasteiger partial charge in [-0.3, -0.25) is 4.52 Å². The van der Waals surface area contributed by atoms with Crippen LogP contribution in [0.1, 0.15) is 23.7 Å². The first-order valence-corrected chi connectivity index (χ1v) is 13.5. The van der Waals surface area contributed by atoms with Crippen LogP contribution in [-0.4, -0.2) is 53.5 Å². The van der Waals surface area contributed by atoms with Gasteiger partial charge in [-0.1, -0.05) is 6.07 Å². The molecule has 1 aliphatic rings. The summed E-state index contributed by atoms with van der Waals surface area (Å²) >= 11 is 0. The number of rotatable bonds is 8. The zero-order valence-corrected chi connectivity index (χ0v) is 19.4. The molecule has 1 saturated heterocycles. The lowest BCUT2D eigenvalue weighted by atomic mass is 9.99. The van der Waals surface area contributed by atoms with Gasteiger partial charge in [-0.2, -0.15) is 13.6 Å². The van der Waals surface area contributed by atoms with E-state index in [1.165, 1.54) is 0 Å². The molecule has 0 radical (unpaired) electrons. The molecule has 2 unspecified atom stereocenters. The lowest BCUT2D eigenvalue weighted by Gasteiger charge is -2.19. The summed E-state index contributed by atoms with van der Waals surface area (Å²) in [4.78, 5) is 53.7. The number of hydrogen-bond acceptors (Lipinski definition) is 11. The van der Waals surface area contributed by atoms with Crippen LogP contribution in [0.2, 0.25) is 0 Å². The van der Waals surface area contributed by atoms with Gasteiger partial charge in [-0.15, -0.1) is 0 Å². The van der Waals surface area contributed by atoms with Crippen molar-refractivity contribution >= 4 is 40.2 Å².